The van der Waals surface area contributed by atoms with Crippen LogP contribution in [0.4, 0.5) is 0 Å². The summed E-state index contributed by atoms with van der Waals surface area (Å²) in [6.45, 7) is 2.67. The molecule has 2 aromatic heterocycles. The summed E-state index contributed by atoms with van der Waals surface area (Å²) in [5.41, 5.74) is 3.38. The Kier molecular flexibility index (Phi) is 5.47. The van der Waals surface area contributed by atoms with Crippen LogP contribution in [0.3, 0.4) is 0 Å². The van der Waals surface area contributed by atoms with Gasteiger partial charge in [-0.1, -0.05) is 0 Å². The van der Waals surface area contributed by atoms with E-state index in [4.69, 9.17) is 14.2 Å². The zero-order chi connectivity index (χ0) is 15.8. The largest absolute Gasteiger partial charge is 0.481 e. The summed E-state index contributed by atoms with van der Waals surface area (Å²) in [5, 5.41) is 4.02. The summed E-state index contributed by atoms with van der Waals surface area (Å²) < 4.78 is 15.8. The summed E-state index contributed by atoms with van der Waals surface area (Å²) in [6, 6.07) is 5.15. The molecule has 2 heterocycles. The zero-order valence-electron chi connectivity index (χ0n) is 12.6. The molecule has 0 amide bonds. The molecule has 0 saturated heterocycles. The van der Waals surface area contributed by atoms with Gasteiger partial charge in [-0.2, -0.15) is 15.1 Å². The number of ether oxygens (including phenoxy) is 3. The Balaban J connectivity index is 2.27. The lowest BCUT2D eigenvalue weighted by Gasteiger charge is -2.08. The molecule has 0 aromatic carbocycles. The number of hydrogen-bond donors (Lipinski definition) is 1. The Hall–Kier alpha value is -2.90. The first-order chi connectivity index (χ1) is 10.8. The van der Waals surface area contributed by atoms with E-state index in [0.29, 0.717) is 23.2 Å². The molecule has 116 valence electrons. The minimum absolute atomic E-state index is 0.0994. The number of nitrogens with zero attached hydrogens (tertiary/aromatic N) is 4. The molecule has 8 nitrogen and oxygen atoms in total. The number of nitrogens with one attached hydrogen (secondary N) is 1. The zero-order valence-corrected chi connectivity index (χ0v) is 12.6. The lowest BCUT2D eigenvalue weighted by molar-refractivity contribution is 0.347. The predicted molar refractivity (Wildman–Crippen MR) is 80.7 cm³/mol. The summed E-state index contributed by atoms with van der Waals surface area (Å²) >= 11 is 0. The molecule has 0 aliphatic carbocycles. The minimum Gasteiger partial charge on any atom is -0.481 e. The second kappa shape index (κ2) is 7.77. The third-order valence-electron chi connectivity index (χ3n) is 2.51. The van der Waals surface area contributed by atoms with E-state index in [1.165, 1.54) is 14.2 Å². The van der Waals surface area contributed by atoms with Crippen LogP contribution in [-0.4, -0.2) is 41.9 Å². The topological polar surface area (TPSA) is 90.8 Å². The van der Waals surface area contributed by atoms with E-state index < -0.39 is 0 Å². The highest BCUT2D eigenvalue weighted by molar-refractivity contribution is 5.80. The van der Waals surface area contributed by atoms with Crippen molar-refractivity contribution in [3.8, 4) is 23.5 Å². The molecule has 0 spiro atoms. The predicted octanol–water partition coefficient (Wildman–Crippen LogP) is 1.62. The number of aromatic nitrogens is 3. The molecule has 0 aliphatic heterocycles. The Morgan fingerprint density at radius 1 is 1.23 bits per heavy atom. The van der Waals surface area contributed by atoms with Gasteiger partial charge in [0.05, 0.1) is 26.5 Å². The second-order valence-electron chi connectivity index (χ2n) is 3.99. The normalized spacial score (nSPS) is 10.5. The molecule has 0 bridgehead atoms. The first-order valence-electron chi connectivity index (χ1n) is 6.62. The van der Waals surface area contributed by atoms with Gasteiger partial charge in [0.15, 0.2) is 5.75 Å². The highest BCUT2D eigenvalue weighted by atomic mass is 16.5. The van der Waals surface area contributed by atoms with Gasteiger partial charge in [0.25, 0.3) is 0 Å². The molecule has 0 atom stereocenters. The van der Waals surface area contributed by atoms with Crippen LogP contribution in [0.5, 0.6) is 23.5 Å². The molecule has 0 radical (unpaired) electrons. The van der Waals surface area contributed by atoms with Crippen molar-refractivity contribution < 1.29 is 14.2 Å². The lowest BCUT2D eigenvalue weighted by atomic mass is 10.3. The SMILES string of the molecule is CCN/N=C/c1ncccc1Oc1nc(OC)cc(OC)n1. The first-order valence-corrected chi connectivity index (χ1v) is 6.62. The number of pyridine rings is 1. The van der Waals surface area contributed by atoms with Gasteiger partial charge in [-0.25, -0.2) is 0 Å². The highest BCUT2D eigenvalue weighted by Crippen LogP contribution is 2.24. The average molecular weight is 303 g/mol. The molecule has 8 heteroatoms. The van der Waals surface area contributed by atoms with Crippen LogP contribution in [0.15, 0.2) is 29.5 Å². The molecule has 22 heavy (non-hydrogen) atoms. The van der Waals surface area contributed by atoms with Crippen LogP contribution in [0.25, 0.3) is 0 Å². The van der Waals surface area contributed by atoms with Crippen molar-refractivity contribution in [2.24, 2.45) is 5.10 Å². The van der Waals surface area contributed by atoms with Crippen LogP contribution in [0, 0.1) is 0 Å². The van der Waals surface area contributed by atoms with Crippen LogP contribution >= 0.6 is 0 Å². The molecule has 0 fully saturated rings. The molecular formula is C14H17N5O3. The van der Waals surface area contributed by atoms with Crippen LogP contribution in [0.2, 0.25) is 0 Å². The van der Waals surface area contributed by atoms with E-state index in [0.717, 1.165) is 6.54 Å². The van der Waals surface area contributed by atoms with Crippen LogP contribution in [-0.2, 0) is 0 Å². The fourth-order valence-corrected chi connectivity index (χ4v) is 1.52. The summed E-state index contributed by atoms with van der Waals surface area (Å²) in [4.78, 5) is 12.4. The van der Waals surface area contributed by atoms with E-state index in [1.54, 1.807) is 30.6 Å². The molecule has 1 N–H and O–H groups in total. The molecule has 2 aromatic rings. The van der Waals surface area contributed by atoms with E-state index in [-0.39, 0.29) is 6.01 Å². The molecule has 0 unspecified atom stereocenters. The Bertz CT molecular complexity index is 626. The standard InChI is InChI=1S/C14H17N5O3/c1-4-16-17-9-10-11(6-5-7-15-10)22-14-18-12(20-2)8-13(19-14)21-3/h5-9,16H,4H2,1-3H3/b17-9+. The van der Waals surface area contributed by atoms with Crippen LogP contribution < -0.4 is 19.6 Å². The van der Waals surface area contributed by atoms with Gasteiger partial charge in [0.1, 0.15) is 5.69 Å². The number of hydrogen-bond acceptors (Lipinski definition) is 8. The maximum Gasteiger partial charge on any atom is 0.328 e. The summed E-state index contributed by atoms with van der Waals surface area (Å²) in [7, 11) is 3.01. The van der Waals surface area contributed by atoms with E-state index in [9.17, 15) is 0 Å². The maximum atomic E-state index is 5.66. The van der Waals surface area contributed by atoms with Gasteiger partial charge in [-0.3, -0.25) is 4.98 Å². The third kappa shape index (κ3) is 4.05. The smallest absolute Gasteiger partial charge is 0.328 e. The van der Waals surface area contributed by atoms with Crippen LogP contribution in [0.1, 0.15) is 12.6 Å². The molecule has 0 aliphatic rings. The summed E-state index contributed by atoms with van der Waals surface area (Å²) in [6.07, 6.45) is 3.21. The number of hydrazone groups is 1. The molecular weight excluding hydrogens is 286 g/mol. The Labute approximate surface area is 128 Å². The van der Waals surface area contributed by atoms with E-state index in [2.05, 4.69) is 25.5 Å². The van der Waals surface area contributed by atoms with E-state index in [1.807, 2.05) is 6.92 Å². The fourth-order valence-electron chi connectivity index (χ4n) is 1.52. The van der Waals surface area contributed by atoms with Crippen molar-refractivity contribution in [3.63, 3.8) is 0 Å². The third-order valence-corrected chi connectivity index (χ3v) is 2.51. The quantitative estimate of drug-likeness (QED) is 0.614. The van der Waals surface area contributed by atoms with Gasteiger partial charge >= 0.3 is 6.01 Å². The van der Waals surface area contributed by atoms with Crippen molar-refractivity contribution in [1.29, 1.82) is 0 Å². The number of rotatable bonds is 7. The Morgan fingerprint density at radius 3 is 2.59 bits per heavy atom. The monoisotopic (exact) mass is 303 g/mol. The van der Waals surface area contributed by atoms with Crippen molar-refractivity contribution in [2.75, 3.05) is 20.8 Å². The fraction of sp³-hybridized carbons (Fsp3) is 0.286. The maximum absolute atomic E-state index is 5.66. The highest BCUT2D eigenvalue weighted by Gasteiger charge is 2.10. The lowest BCUT2D eigenvalue weighted by Crippen LogP contribution is -2.05. The number of methoxy groups -OCH3 is 2. The average Bonchev–Trinajstić information content (AvgIpc) is 2.56. The van der Waals surface area contributed by atoms with Crippen molar-refractivity contribution >= 4 is 6.21 Å². The van der Waals surface area contributed by atoms with Crippen molar-refractivity contribution in [1.82, 2.24) is 20.4 Å². The van der Waals surface area contributed by atoms with E-state index >= 15 is 0 Å². The first kappa shape index (κ1) is 15.5. The van der Waals surface area contributed by atoms with Gasteiger partial charge in [-0.05, 0) is 19.1 Å². The van der Waals surface area contributed by atoms with Gasteiger partial charge < -0.3 is 19.6 Å². The summed E-state index contributed by atoms with van der Waals surface area (Å²) in [5.74, 6) is 1.15. The minimum atomic E-state index is 0.0994. The van der Waals surface area contributed by atoms with Gasteiger partial charge in [-0.15, -0.1) is 0 Å². The molecule has 2 rings (SSSR count). The Morgan fingerprint density at radius 2 is 1.95 bits per heavy atom. The van der Waals surface area contributed by atoms with Gasteiger partial charge in [0, 0.05) is 12.7 Å². The van der Waals surface area contributed by atoms with Crippen molar-refractivity contribution in [3.05, 3.63) is 30.1 Å². The second-order valence-corrected chi connectivity index (χ2v) is 3.99. The van der Waals surface area contributed by atoms with Crippen molar-refractivity contribution in [2.45, 2.75) is 6.92 Å². The molecule has 0 saturated carbocycles. The van der Waals surface area contributed by atoms with Gasteiger partial charge in [0.2, 0.25) is 11.8 Å².